The van der Waals surface area contributed by atoms with Crippen LogP contribution in [0.15, 0.2) is 24.3 Å². The zero-order chi connectivity index (χ0) is 14.0. The number of benzene rings is 1. The van der Waals surface area contributed by atoms with Gasteiger partial charge in [0.1, 0.15) is 5.82 Å². The lowest BCUT2D eigenvalue weighted by Gasteiger charge is -2.08. The molecular formula is C17H19N3O. The molecule has 21 heavy (non-hydrogen) atoms. The molecule has 3 aliphatic carbocycles. The fraction of sp³-hybridized carbons (Fsp3) is 0.529. The van der Waals surface area contributed by atoms with Crippen molar-refractivity contribution in [2.75, 3.05) is 0 Å². The highest BCUT2D eigenvalue weighted by Gasteiger charge is 2.67. The average molecular weight is 281 g/mol. The summed E-state index contributed by atoms with van der Waals surface area (Å²) in [6, 6.07) is 7.97. The number of aromatic nitrogens is 2. The molecule has 1 amide bonds. The maximum Gasteiger partial charge on any atom is 0.224 e. The van der Waals surface area contributed by atoms with Gasteiger partial charge < -0.3 is 10.3 Å². The highest BCUT2D eigenvalue weighted by molar-refractivity contribution is 5.83. The number of rotatable bonds is 3. The molecule has 1 aromatic heterocycles. The minimum absolute atomic E-state index is 0.252. The van der Waals surface area contributed by atoms with Crippen LogP contribution in [0, 0.1) is 29.6 Å². The predicted octanol–water partition coefficient (Wildman–Crippen LogP) is 2.47. The van der Waals surface area contributed by atoms with Gasteiger partial charge in [-0.25, -0.2) is 4.98 Å². The van der Waals surface area contributed by atoms with Crippen LogP contribution in [-0.4, -0.2) is 15.9 Å². The topological polar surface area (TPSA) is 57.8 Å². The monoisotopic (exact) mass is 281 g/mol. The van der Waals surface area contributed by atoms with Gasteiger partial charge in [-0.15, -0.1) is 0 Å². The molecule has 1 aromatic carbocycles. The molecule has 2 bridgehead atoms. The molecule has 4 nitrogen and oxygen atoms in total. The van der Waals surface area contributed by atoms with Crippen molar-refractivity contribution in [1.29, 1.82) is 0 Å². The summed E-state index contributed by atoms with van der Waals surface area (Å²) in [7, 11) is 0. The van der Waals surface area contributed by atoms with Crippen LogP contribution < -0.4 is 5.32 Å². The van der Waals surface area contributed by atoms with E-state index in [1.807, 2.05) is 24.3 Å². The first-order chi connectivity index (χ1) is 10.3. The number of fused-ring (bicyclic) bond motifs is 6. The highest BCUT2D eigenvalue weighted by Crippen LogP contribution is 2.69. The first-order valence-electron chi connectivity index (χ1n) is 8.02. The molecule has 3 fully saturated rings. The molecule has 4 unspecified atom stereocenters. The van der Waals surface area contributed by atoms with Crippen LogP contribution in [0.2, 0.25) is 0 Å². The lowest BCUT2D eigenvalue weighted by atomic mass is 10.0. The van der Waals surface area contributed by atoms with Crippen molar-refractivity contribution >= 4 is 16.9 Å². The number of carbonyl (C=O) groups excluding carboxylic acids is 1. The van der Waals surface area contributed by atoms with E-state index in [9.17, 15) is 4.79 Å². The molecule has 4 atom stereocenters. The number of hydrogen-bond acceptors (Lipinski definition) is 2. The van der Waals surface area contributed by atoms with Gasteiger partial charge in [-0.2, -0.15) is 0 Å². The van der Waals surface area contributed by atoms with E-state index in [0.717, 1.165) is 28.7 Å². The molecular weight excluding hydrogens is 262 g/mol. The molecule has 4 heteroatoms. The molecule has 108 valence electrons. The standard InChI is InChI=1S/C17H19N3O/c21-17(16-14-9-5-6-10(7-9)15(14)16)18-8-13-19-11-3-1-2-4-12(11)20-13/h1-4,9-10,14-16H,5-8H2,(H,18,21)(H,19,20). The number of amides is 1. The molecule has 1 heterocycles. The third kappa shape index (κ3) is 1.68. The Morgan fingerprint density at radius 2 is 2.00 bits per heavy atom. The Balaban J connectivity index is 1.26. The van der Waals surface area contributed by atoms with E-state index in [1.54, 1.807) is 0 Å². The summed E-state index contributed by atoms with van der Waals surface area (Å²) in [5.74, 6) is 4.52. The van der Waals surface area contributed by atoms with Crippen molar-refractivity contribution in [2.45, 2.75) is 25.8 Å². The Kier molecular flexibility index (Phi) is 2.29. The zero-order valence-corrected chi connectivity index (χ0v) is 11.9. The third-order valence-corrected chi connectivity index (χ3v) is 5.91. The van der Waals surface area contributed by atoms with Crippen LogP contribution in [0.1, 0.15) is 25.1 Å². The Hall–Kier alpha value is -1.84. The van der Waals surface area contributed by atoms with Crippen LogP contribution in [0.5, 0.6) is 0 Å². The number of aromatic amines is 1. The van der Waals surface area contributed by atoms with E-state index in [2.05, 4.69) is 15.3 Å². The second-order valence-corrected chi connectivity index (χ2v) is 6.93. The third-order valence-electron chi connectivity index (χ3n) is 5.91. The molecule has 2 aromatic rings. The molecule has 2 N–H and O–H groups in total. The Morgan fingerprint density at radius 3 is 2.76 bits per heavy atom. The predicted molar refractivity (Wildman–Crippen MR) is 79.2 cm³/mol. The van der Waals surface area contributed by atoms with Crippen LogP contribution in [0.25, 0.3) is 11.0 Å². The fourth-order valence-electron chi connectivity index (χ4n) is 5.05. The largest absolute Gasteiger partial charge is 0.349 e. The van der Waals surface area contributed by atoms with Gasteiger partial charge in [0, 0.05) is 5.92 Å². The minimum atomic E-state index is 0.252. The Morgan fingerprint density at radius 1 is 1.24 bits per heavy atom. The zero-order valence-electron chi connectivity index (χ0n) is 11.9. The van der Waals surface area contributed by atoms with E-state index in [-0.39, 0.29) is 5.91 Å². The van der Waals surface area contributed by atoms with Gasteiger partial charge in [-0.05, 0) is 55.1 Å². The Bertz CT molecular complexity index is 673. The summed E-state index contributed by atoms with van der Waals surface area (Å²) in [4.78, 5) is 20.1. The van der Waals surface area contributed by atoms with E-state index in [4.69, 9.17) is 0 Å². The van der Waals surface area contributed by atoms with Gasteiger partial charge in [-0.1, -0.05) is 12.1 Å². The van der Waals surface area contributed by atoms with E-state index in [1.165, 1.54) is 19.3 Å². The van der Waals surface area contributed by atoms with Crippen LogP contribution in [-0.2, 0) is 11.3 Å². The SMILES string of the molecule is O=C(NCc1nc2ccccc2[nH]1)C1C2C3CCC(C3)C12. The van der Waals surface area contributed by atoms with Crippen LogP contribution >= 0.6 is 0 Å². The molecule has 0 aliphatic heterocycles. The van der Waals surface area contributed by atoms with Gasteiger partial charge >= 0.3 is 0 Å². The number of hydrogen-bond donors (Lipinski definition) is 2. The number of para-hydroxylation sites is 2. The van der Waals surface area contributed by atoms with Gasteiger partial charge in [-0.3, -0.25) is 4.79 Å². The van der Waals surface area contributed by atoms with Crippen molar-refractivity contribution in [1.82, 2.24) is 15.3 Å². The number of nitrogens with zero attached hydrogens (tertiary/aromatic N) is 1. The van der Waals surface area contributed by atoms with E-state index < -0.39 is 0 Å². The smallest absolute Gasteiger partial charge is 0.224 e. The Labute approximate surface area is 123 Å². The lowest BCUT2D eigenvalue weighted by Crippen LogP contribution is -2.27. The molecule has 5 rings (SSSR count). The summed E-state index contributed by atoms with van der Waals surface area (Å²) < 4.78 is 0. The summed E-state index contributed by atoms with van der Waals surface area (Å²) in [5.41, 5.74) is 1.99. The maximum absolute atomic E-state index is 12.4. The van der Waals surface area contributed by atoms with Crippen molar-refractivity contribution < 1.29 is 4.79 Å². The van der Waals surface area contributed by atoms with Gasteiger partial charge in [0.15, 0.2) is 0 Å². The summed E-state index contributed by atoms with van der Waals surface area (Å²) in [5, 5.41) is 3.09. The van der Waals surface area contributed by atoms with Crippen molar-refractivity contribution in [3.63, 3.8) is 0 Å². The molecule has 0 radical (unpaired) electrons. The van der Waals surface area contributed by atoms with Crippen LogP contribution in [0.3, 0.4) is 0 Å². The molecule has 0 saturated heterocycles. The second kappa shape index (κ2) is 4.09. The number of imidazole rings is 1. The first-order valence-corrected chi connectivity index (χ1v) is 8.02. The number of carbonyl (C=O) groups is 1. The van der Waals surface area contributed by atoms with Crippen molar-refractivity contribution in [3.8, 4) is 0 Å². The second-order valence-electron chi connectivity index (χ2n) is 6.93. The molecule has 0 spiro atoms. The summed E-state index contributed by atoms with van der Waals surface area (Å²) >= 11 is 0. The van der Waals surface area contributed by atoms with E-state index >= 15 is 0 Å². The van der Waals surface area contributed by atoms with Gasteiger partial charge in [0.25, 0.3) is 0 Å². The maximum atomic E-state index is 12.4. The van der Waals surface area contributed by atoms with Crippen LogP contribution in [0.4, 0.5) is 0 Å². The lowest BCUT2D eigenvalue weighted by molar-refractivity contribution is -0.123. The quantitative estimate of drug-likeness (QED) is 0.908. The normalized spacial score (nSPS) is 35.9. The van der Waals surface area contributed by atoms with Crippen molar-refractivity contribution in [3.05, 3.63) is 30.1 Å². The number of H-pyrrole nitrogens is 1. The van der Waals surface area contributed by atoms with Gasteiger partial charge in [0.2, 0.25) is 5.91 Å². The summed E-state index contributed by atoms with van der Waals surface area (Å²) in [6.45, 7) is 0.513. The first kappa shape index (κ1) is 11.8. The fourth-order valence-corrected chi connectivity index (χ4v) is 5.05. The van der Waals surface area contributed by atoms with Gasteiger partial charge in [0.05, 0.1) is 17.6 Å². The van der Waals surface area contributed by atoms with Crippen molar-refractivity contribution in [2.24, 2.45) is 29.6 Å². The summed E-state index contributed by atoms with van der Waals surface area (Å²) in [6.07, 6.45) is 4.11. The average Bonchev–Trinajstić information content (AvgIpc) is 2.85. The minimum Gasteiger partial charge on any atom is -0.349 e. The van der Waals surface area contributed by atoms with E-state index in [0.29, 0.717) is 24.3 Å². The molecule has 3 aliphatic rings. The molecule has 3 saturated carbocycles. The number of nitrogens with one attached hydrogen (secondary N) is 2. The highest BCUT2D eigenvalue weighted by atomic mass is 16.2.